The zero-order chi connectivity index (χ0) is 20.8. The van der Waals surface area contributed by atoms with Crippen molar-refractivity contribution in [1.82, 2.24) is 15.0 Å². The molecule has 0 unspecified atom stereocenters. The minimum absolute atomic E-state index is 0.185. The van der Waals surface area contributed by atoms with Gasteiger partial charge in [-0.05, 0) is 36.5 Å². The molecule has 0 saturated carbocycles. The van der Waals surface area contributed by atoms with Crippen molar-refractivity contribution >= 4 is 29.2 Å². The first-order valence-corrected chi connectivity index (χ1v) is 8.78. The van der Waals surface area contributed by atoms with Gasteiger partial charge in [0.15, 0.2) is 5.11 Å². The maximum absolute atomic E-state index is 12.2. The fraction of sp³-hybridized carbons (Fsp3) is 0.0526. The summed E-state index contributed by atoms with van der Waals surface area (Å²) in [6, 6.07) is 15.6. The number of para-hydroxylation sites is 1. The van der Waals surface area contributed by atoms with Crippen molar-refractivity contribution in [3.8, 4) is 17.3 Å². The highest BCUT2D eigenvalue weighted by atomic mass is 32.1. The number of hydrogen-bond donors (Lipinski definition) is 4. The Bertz CT molecular complexity index is 1170. The van der Waals surface area contributed by atoms with E-state index in [1.807, 2.05) is 30.3 Å². The van der Waals surface area contributed by atoms with Crippen molar-refractivity contribution in [2.75, 3.05) is 12.4 Å². The molecule has 9 nitrogen and oxygen atoms in total. The van der Waals surface area contributed by atoms with Crippen molar-refractivity contribution in [3.63, 3.8) is 0 Å². The molecule has 1 heterocycles. The van der Waals surface area contributed by atoms with Crippen molar-refractivity contribution in [2.45, 2.75) is 0 Å². The Labute approximate surface area is 170 Å². The van der Waals surface area contributed by atoms with Gasteiger partial charge in [-0.15, -0.1) is 0 Å². The predicted molar refractivity (Wildman–Crippen MR) is 114 cm³/mol. The number of ether oxygens (including phenoxy) is 1. The number of anilines is 1. The van der Waals surface area contributed by atoms with Crippen LogP contribution >= 0.6 is 12.2 Å². The van der Waals surface area contributed by atoms with Gasteiger partial charge in [-0.1, -0.05) is 24.3 Å². The molecule has 2 aromatic carbocycles. The molecule has 0 spiro atoms. The van der Waals surface area contributed by atoms with E-state index in [2.05, 4.69) is 20.8 Å². The normalized spacial score (nSPS) is 10.7. The first-order chi connectivity index (χ1) is 14.0. The van der Waals surface area contributed by atoms with E-state index < -0.39 is 17.1 Å². The highest BCUT2D eigenvalue weighted by molar-refractivity contribution is 7.80. The van der Waals surface area contributed by atoms with E-state index in [-0.39, 0.29) is 10.7 Å². The molecule has 0 amide bonds. The smallest absolute Gasteiger partial charge is 0.335 e. The van der Waals surface area contributed by atoms with E-state index in [9.17, 15) is 14.7 Å². The van der Waals surface area contributed by atoms with E-state index in [0.717, 1.165) is 16.5 Å². The molecule has 10 heteroatoms. The Kier molecular flexibility index (Phi) is 6.05. The number of aromatic hydroxyl groups is 1. The third-order valence-corrected chi connectivity index (χ3v) is 4.02. The summed E-state index contributed by atoms with van der Waals surface area (Å²) in [4.78, 5) is 26.5. The van der Waals surface area contributed by atoms with Crippen LogP contribution < -0.4 is 26.7 Å². The molecule has 29 heavy (non-hydrogen) atoms. The van der Waals surface area contributed by atoms with Gasteiger partial charge < -0.3 is 15.2 Å². The summed E-state index contributed by atoms with van der Waals surface area (Å²) in [5.74, 6) is -0.0892. The fourth-order valence-electron chi connectivity index (χ4n) is 2.48. The van der Waals surface area contributed by atoms with Crippen LogP contribution in [0.15, 0.2) is 69.3 Å². The maximum Gasteiger partial charge on any atom is 0.335 e. The number of aromatic nitrogens is 2. The van der Waals surface area contributed by atoms with Crippen LogP contribution in [0.3, 0.4) is 0 Å². The zero-order valence-electron chi connectivity index (χ0n) is 15.2. The second-order valence-corrected chi connectivity index (χ2v) is 6.13. The lowest BCUT2D eigenvalue weighted by molar-refractivity contribution is 0.412. The minimum atomic E-state index is -0.799. The number of rotatable bonds is 5. The van der Waals surface area contributed by atoms with Crippen LogP contribution in [0, 0.1) is 0 Å². The molecule has 0 aliphatic heterocycles. The molecule has 0 aliphatic rings. The zero-order valence-corrected chi connectivity index (χ0v) is 16.1. The number of hydrazone groups is 1. The Morgan fingerprint density at radius 2 is 1.97 bits per heavy atom. The van der Waals surface area contributed by atoms with Crippen LogP contribution in [0.1, 0.15) is 5.56 Å². The number of thiocarbonyl (C=S) groups is 1. The quantitative estimate of drug-likeness (QED) is 0.286. The summed E-state index contributed by atoms with van der Waals surface area (Å²) in [6.07, 6.45) is 1.07. The Morgan fingerprint density at radius 3 is 2.69 bits per heavy atom. The largest absolute Gasteiger partial charge is 0.497 e. The second-order valence-electron chi connectivity index (χ2n) is 5.72. The van der Waals surface area contributed by atoms with E-state index in [0.29, 0.717) is 11.4 Å². The van der Waals surface area contributed by atoms with E-state index >= 15 is 0 Å². The van der Waals surface area contributed by atoms with E-state index in [1.54, 1.807) is 18.2 Å². The summed E-state index contributed by atoms with van der Waals surface area (Å²) in [6.45, 7) is 0. The number of nitrogens with one attached hydrogen (secondary N) is 3. The monoisotopic (exact) mass is 411 g/mol. The molecular weight excluding hydrogens is 394 g/mol. The predicted octanol–water partition coefficient (Wildman–Crippen LogP) is 1.56. The summed E-state index contributed by atoms with van der Waals surface area (Å²) < 4.78 is 6.06. The molecule has 4 N–H and O–H groups in total. The van der Waals surface area contributed by atoms with Crippen LogP contribution in [-0.4, -0.2) is 33.1 Å². The Balaban J connectivity index is 1.86. The van der Waals surface area contributed by atoms with Gasteiger partial charge in [0.25, 0.3) is 5.56 Å². The first kappa shape index (κ1) is 19.8. The van der Waals surface area contributed by atoms with Gasteiger partial charge in [0, 0.05) is 11.8 Å². The minimum Gasteiger partial charge on any atom is -0.497 e. The van der Waals surface area contributed by atoms with Crippen molar-refractivity contribution in [2.24, 2.45) is 5.10 Å². The highest BCUT2D eigenvalue weighted by Crippen LogP contribution is 2.19. The molecular formula is C19H17N5O4S. The van der Waals surface area contributed by atoms with Crippen molar-refractivity contribution < 1.29 is 9.84 Å². The summed E-state index contributed by atoms with van der Waals surface area (Å²) >= 11 is 5.11. The number of hydrogen-bond acceptors (Lipinski definition) is 6. The van der Waals surface area contributed by atoms with E-state index in [1.165, 1.54) is 13.2 Å². The lowest BCUT2D eigenvalue weighted by atomic mass is 10.2. The van der Waals surface area contributed by atoms with Gasteiger partial charge in [0.1, 0.15) is 11.3 Å². The summed E-state index contributed by atoms with van der Waals surface area (Å²) in [5, 5.41) is 17.5. The van der Waals surface area contributed by atoms with E-state index in [4.69, 9.17) is 17.0 Å². The molecule has 0 bridgehead atoms. The van der Waals surface area contributed by atoms with Crippen molar-refractivity contribution in [3.05, 3.63) is 81.0 Å². The summed E-state index contributed by atoms with van der Waals surface area (Å²) in [5.41, 5.74) is 1.80. The molecule has 0 fully saturated rings. The van der Waals surface area contributed by atoms with Crippen LogP contribution in [0.25, 0.3) is 5.69 Å². The molecule has 148 valence electrons. The van der Waals surface area contributed by atoms with Crippen LogP contribution in [0.5, 0.6) is 11.6 Å². The number of methoxy groups -OCH3 is 1. The lowest BCUT2D eigenvalue weighted by Crippen LogP contribution is -2.32. The lowest BCUT2D eigenvalue weighted by Gasteiger charge is -2.11. The third kappa shape index (κ3) is 4.68. The van der Waals surface area contributed by atoms with Gasteiger partial charge in [0.05, 0.1) is 19.0 Å². The number of benzene rings is 2. The van der Waals surface area contributed by atoms with Gasteiger partial charge in [0.2, 0.25) is 5.88 Å². The number of H-pyrrole nitrogens is 1. The third-order valence-electron chi connectivity index (χ3n) is 3.82. The topological polar surface area (TPSA) is 121 Å². The number of aromatic amines is 1. The average molecular weight is 411 g/mol. The maximum atomic E-state index is 12.2. The average Bonchev–Trinajstić information content (AvgIpc) is 2.71. The van der Waals surface area contributed by atoms with Crippen LogP contribution in [0.4, 0.5) is 5.69 Å². The van der Waals surface area contributed by atoms with Crippen molar-refractivity contribution in [1.29, 1.82) is 0 Å². The molecule has 0 radical (unpaired) electrons. The molecule has 1 aromatic heterocycles. The van der Waals surface area contributed by atoms with Gasteiger partial charge in [-0.3, -0.25) is 15.2 Å². The van der Waals surface area contributed by atoms with Crippen LogP contribution in [0.2, 0.25) is 0 Å². The molecule has 0 atom stereocenters. The SMILES string of the molecule is COc1cccc(-n2c(O)c(C=NNC(=S)Nc3ccccc3)c(=O)[nH]c2=O)c1. The second kappa shape index (κ2) is 8.85. The van der Waals surface area contributed by atoms with Gasteiger partial charge in [-0.2, -0.15) is 5.10 Å². The first-order valence-electron chi connectivity index (χ1n) is 8.37. The highest BCUT2D eigenvalue weighted by Gasteiger charge is 2.14. The van der Waals surface area contributed by atoms with Gasteiger partial charge >= 0.3 is 5.69 Å². The van der Waals surface area contributed by atoms with Gasteiger partial charge in [-0.25, -0.2) is 9.36 Å². The molecule has 3 aromatic rings. The fourth-order valence-corrected chi connectivity index (χ4v) is 2.65. The van der Waals surface area contributed by atoms with Crippen LogP contribution in [-0.2, 0) is 0 Å². The molecule has 0 aliphatic carbocycles. The number of nitrogens with zero attached hydrogens (tertiary/aromatic N) is 2. The summed E-state index contributed by atoms with van der Waals surface area (Å²) in [7, 11) is 1.48. The molecule has 0 saturated heterocycles. The molecule has 3 rings (SSSR count). The Morgan fingerprint density at radius 1 is 1.21 bits per heavy atom. The Hall–Kier alpha value is -3.92. The standard InChI is InChI=1S/C19H17N5O4S/c1-28-14-9-5-8-13(10-14)24-17(26)15(16(25)22-19(24)27)11-20-23-18(29)21-12-6-3-2-4-7-12/h2-11,26H,1H3,(H2,21,23,29)(H,22,25,27).